The maximum atomic E-state index is 12.4. The molecule has 1 atom stereocenters. The average Bonchev–Trinajstić information content (AvgIpc) is 3.02. The lowest BCUT2D eigenvalue weighted by Crippen LogP contribution is -2.33. The topological polar surface area (TPSA) is 55.0 Å². The first-order valence-corrected chi connectivity index (χ1v) is 7.60. The van der Waals surface area contributed by atoms with Crippen molar-refractivity contribution in [2.24, 2.45) is 5.41 Å². The number of nitrogens with one attached hydrogen (secondary N) is 1. The molecule has 3 aromatic rings. The van der Waals surface area contributed by atoms with Crippen molar-refractivity contribution in [2.75, 3.05) is 7.11 Å². The van der Waals surface area contributed by atoms with Crippen LogP contribution in [0, 0.1) is 5.41 Å². The van der Waals surface area contributed by atoms with Gasteiger partial charge in [0, 0.05) is 11.3 Å². The summed E-state index contributed by atoms with van der Waals surface area (Å²) < 4.78 is 5.05. The van der Waals surface area contributed by atoms with Crippen molar-refractivity contribution in [1.82, 2.24) is 10.2 Å². The SMILES string of the molecule is COC(=O)C(C)(C)C(c1ccccc1)c1ccc2[nH]ncc2c1. The average molecular weight is 308 g/mol. The lowest BCUT2D eigenvalue weighted by atomic mass is 9.71. The Hall–Kier alpha value is -2.62. The Morgan fingerprint density at radius 1 is 1.13 bits per heavy atom. The Morgan fingerprint density at radius 2 is 1.87 bits per heavy atom. The smallest absolute Gasteiger partial charge is 0.312 e. The highest BCUT2D eigenvalue weighted by Gasteiger charge is 2.39. The van der Waals surface area contributed by atoms with E-state index in [1.165, 1.54) is 7.11 Å². The Morgan fingerprint density at radius 3 is 2.57 bits per heavy atom. The van der Waals surface area contributed by atoms with Gasteiger partial charge >= 0.3 is 5.97 Å². The number of rotatable bonds is 4. The molecular formula is C19H20N2O2. The van der Waals surface area contributed by atoms with Crippen LogP contribution in [0.3, 0.4) is 0 Å². The number of carbonyl (C=O) groups is 1. The van der Waals surface area contributed by atoms with Gasteiger partial charge in [0.05, 0.1) is 24.2 Å². The summed E-state index contributed by atoms with van der Waals surface area (Å²) in [5.41, 5.74) is 2.45. The minimum Gasteiger partial charge on any atom is -0.469 e. The molecule has 1 unspecified atom stereocenters. The minimum absolute atomic E-state index is 0.101. The monoisotopic (exact) mass is 308 g/mol. The van der Waals surface area contributed by atoms with Crippen LogP contribution >= 0.6 is 0 Å². The van der Waals surface area contributed by atoms with E-state index in [0.717, 1.165) is 22.0 Å². The van der Waals surface area contributed by atoms with E-state index >= 15 is 0 Å². The third kappa shape index (κ3) is 2.72. The zero-order valence-corrected chi connectivity index (χ0v) is 13.5. The molecule has 4 heteroatoms. The van der Waals surface area contributed by atoms with Crippen LogP contribution < -0.4 is 0 Å². The first kappa shape index (κ1) is 15.3. The van der Waals surface area contributed by atoms with E-state index in [-0.39, 0.29) is 11.9 Å². The molecule has 0 fully saturated rings. The second-order valence-electron chi connectivity index (χ2n) is 6.27. The zero-order chi connectivity index (χ0) is 16.4. The fraction of sp³-hybridized carbons (Fsp3) is 0.263. The standard InChI is InChI=1S/C19H20N2O2/c1-19(2,18(22)23-3)17(13-7-5-4-6-8-13)14-9-10-16-15(11-14)12-20-21-16/h4-12,17H,1-3H3,(H,20,21). The molecule has 0 bridgehead atoms. The molecule has 118 valence electrons. The number of H-pyrrole nitrogens is 1. The predicted octanol–water partition coefficient (Wildman–Crippen LogP) is 3.89. The third-order valence-corrected chi connectivity index (χ3v) is 4.36. The van der Waals surface area contributed by atoms with Gasteiger partial charge in [0.25, 0.3) is 0 Å². The molecule has 0 aliphatic carbocycles. The van der Waals surface area contributed by atoms with Crippen molar-refractivity contribution in [1.29, 1.82) is 0 Å². The van der Waals surface area contributed by atoms with Crippen molar-refractivity contribution in [2.45, 2.75) is 19.8 Å². The van der Waals surface area contributed by atoms with Crippen molar-refractivity contribution in [3.8, 4) is 0 Å². The van der Waals surface area contributed by atoms with Crippen LogP contribution in [0.4, 0.5) is 0 Å². The molecule has 1 heterocycles. The fourth-order valence-electron chi connectivity index (χ4n) is 3.19. The highest BCUT2D eigenvalue weighted by molar-refractivity contribution is 5.81. The van der Waals surface area contributed by atoms with Crippen molar-refractivity contribution >= 4 is 16.9 Å². The molecule has 0 aliphatic heterocycles. The first-order valence-electron chi connectivity index (χ1n) is 7.60. The van der Waals surface area contributed by atoms with Crippen LogP contribution in [-0.2, 0) is 9.53 Å². The predicted molar refractivity (Wildman–Crippen MR) is 90.2 cm³/mol. The second-order valence-corrected chi connectivity index (χ2v) is 6.27. The molecule has 0 radical (unpaired) electrons. The summed E-state index contributed by atoms with van der Waals surface area (Å²) in [5.74, 6) is -0.325. The summed E-state index contributed by atoms with van der Waals surface area (Å²) >= 11 is 0. The molecule has 1 aromatic heterocycles. The maximum Gasteiger partial charge on any atom is 0.312 e. The Bertz CT molecular complexity index is 822. The number of nitrogens with zero attached hydrogens (tertiary/aromatic N) is 1. The van der Waals surface area contributed by atoms with Gasteiger partial charge in [-0.2, -0.15) is 5.10 Å². The van der Waals surface area contributed by atoms with E-state index in [4.69, 9.17) is 4.74 Å². The first-order chi connectivity index (χ1) is 11.0. The van der Waals surface area contributed by atoms with Crippen LogP contribution in [0.5, 0.6) is 0 Å². The molecule has 1 N–H and O–H groups in total. The number of carbonyl (C=O) groups excluding carboxylic acids is 1. The Balaban J connectivity index is 2.16. The zero-order valence-electron chi connectivity index (χ0n) is 13.5. The number of aromatic nitrogens is 2. The van der Waals surface area contributed by atoms with Gasteiger partial charge in [-0.15, -0.1) is 0 Å². The van der Waals surface area contributed by atoms with Gasteiger partial charge in [0.15, 0.2) is 0 Å². The summed E-state index contributed by atoms with van der Waals surface area (Å²) in [6.07, 6.45) is 1.80. The van der Waals surface area contributed by atoms with Crippen molar-refractivity contribution in [3.05, 3.63) is 65.9 Å². The Kier molecular flexibility index (Phi) is 3.90. The van der Waals surface area contributed by atoms with Gasteiger partial charge in [-0.25, -0.2) is 0 Å². The molecule has 2 aromatic carbocycles. The van der Waals surface area contributed by atoms with Gasteiger partial charge in [-0.3, -0.25) is 9.89 Å². The Labute approximate surface area is 135 Å². The number of esters is 1. The molecule has 23 heavy (non-hydrogen) atoms. The van der Waals surface area contributed by atoms with E-state index in [1.807, 2.05) is 44.2 Å². The van der Waals surface area contributed by atoms with Crippen LogP contribution in [-0.4, -0.2) is 23.3 Å². The molecule has 4 nitrogen and oxygen atoms in total. The van der Waals surface area contributed by atoms with E-state index < -0.39 is 5.41 Å². The van der Waals surface area contributed by atoms with Crippen LogP contribution in [0.2, 0.25) is 0 Å². The normalized spacial score (nSPS) is 13.0. The third-order valence-electron chi connectivity index (χ3n) is 4.36. The fourth-order valence-corrected chi connectivity index (χ4v) is 3.19. The largest absolute Gasteiger partial charge is 0.469 e. The molecule has 0 saturated carbocycles. The number of ether oxygens (including phenoxy) is 1. The summed E-state index contributed by atoms with van der Waals surface area (Å²) in [6.45, 7) is 3.85. The lowest BCUT2D eigenvalue weighted by Gasteiger charge is -2.32. The van der Waals surface area contributed by atoms with Gasteiger partial charge < -0.3 is 4.74 Å². The number of hydrogen-bond acceptors (Lipinski definition) is 3. The molecule has 0 spiro atoms. The van der Waals surface area contributed by atoms with Crippen LogP contribution in [0.25, 0.3) is 10.9 Å². The van der Waals surface area contributed by atoms with Gasteiger partial charge in [-0.1, -0.05) is 36.4 Å². The minimum atomic E-state index is -0.687. The molecule has 0 aliphatic rings. The number of methoxy groups -OCH3 is 1. The highest BCUT2D eigenvalue weighted by atomic mass is 16.5. The lowest BCUT2D eigenvalue weighted by molar-refractivity contribution is -0.151. The van der Waals surface area contributed by atoms with Crippen LogP contribution in [0.1, 0.15) is 30.9 Å². The highest BCUT2D eigenvalue weighted by Crippen LogP contribution is 2.42. The molecular weight excluding hydrogens is 288 g/mol. The second kappa shape index (κ2) is 5.88. The number of fused-ring (bicyclic) bond motifs is 1. The molecule has 0 amide bonds. The maximum absolute atomic E-state index is 12.4. The van der Waals surface area contributed by atoms with E-state index in [9.17, 15) is 4.79 Å². The number of hydrogen-bond donors (Lipinski definition) is 1. The van der Waals surface area contributed by atoms with Gasteiger partial charge in [0.1, 0.15) is 0 Å². The van der Waals surface area contributed by atoms with Crippen LogP contribution in [0.15, 0.2) is 54.7 Å². The number of benzene rings is 2. The summed E-state index contributed by atoms with van der Waals surface area (Å²) in [4.78, 5) is 12.4. The summed E-state index contributed by atoms with van der Waals surface area (Å²) in [7, 11) is 1.44. The van der Waals surface area contributed by atoms with Crippen molar-refractivity contribution < 1.29 is 9.53 Å². The summed E-state index contributed by atoms with van der Waals surface area (Å²) in [6, 6.07) is 16.2. The van der Waals surface area contributed by atoms with Crippen molar-refractivity contribution in [3.63, 3.8) is 0 Å². The molecule has 0 saturated heterocycles. The van der Waals surface area contributed by atoms with Gasteiger partial charge in [0.2, 0.25) is 0 Å². The quantitative estimate of drug-likeness (QED) is 0.744. The molecule has 3 rings (SSSR count). The van der Waals surface area contributed by atoms with E-state index in [0.29, 0.717) is 0 Å². The van der Waals surface area contributed by atoms with Gasteiger partial charge in [-0.05, 0) is 37.1 Å². The number of aromatic amines is 1. The van der Waals surface area contributed by atoms with E-state index in [1.54, 1.807) is 6.20 Å². The summed E-state index contributed by atoms with van der Waals surface area (Å²) in [5, 5.41) is 8.06. The van der Waals surface area contributed by atoms with E-state index in [2.05, 4.69) is 28.4 Å².